The maximum atomic E-state index is 3.68. The lowest BCUT2D eigenvalue weighted by molar-refractivity contribution is 0.507. The minimum atomic E-state index is 0.739. The molecule has 1 N–H and O–H groups in total. The summed E-state index contributed by atoms with van der Waals surface area (Å²) < 4.78 is 0. The number of thiophene rings is 1. The second kappa shape index (κ2) is 5.37. The summed E-state index contributed by atoms with van der Waals surface area (Å²) in [7, 11) is 0. The van der Waals surface area contributed by atoms with Gasteiger partial charge in [0.25, 0.3) is 0 Å². The molecule has 1 fully saturated rings. The highest BCUT2D eigenvalue weighted by Gasteiger charge is 2.13. The van der Waals surface area contributed by atoms with Crippen molar-refractivity contribution in [3.05, 3.63) is 21.4 Å². The summed E-state index contributed by atoms with van der Waals surface area (Å²) in [6.45, 7) is 5.48. The monoisotopic (exact) mass is 241 g/mol. The molecule has 1 aromatic heterocycles. The van der Waals surface area contributed by atoms with Gasteiger partial charge in [0.1, 0.15) is 0 Å². The van der Waals surface area contributed by atoms with E-state index in [2.05, 4.69) is 37.0 Å². The number of nitrogens with one attached hydrogen (secondary N) is 1. The van der Waals surface area contributed by atoms with E-state index in [4.69, 9.17) is 0 Å². The third-order valence-corrected chi connectivity index (χ3v) is 5.11. The van der Waals surface area contributed by atoms with Gasteiger partial charge < -0.3 is 5.32 Å². The van der Waals surface area contributed by atoms with Gasteiger partial charge in [-0.25, -0.2) is 0 Å². The molecule has 1 aliphatic rings. The summed E-state index contributed by atoms with van der Waals surface area (Å²) in [6.07, 6.45) is 2.74. The van der Waals surface area contributed by atoms with E-state index >= 15 is 0 Å². The van der Waals surface area contributed by atoms with Crippen molar-refractivity contribution >= 4 is 23.1 Å². The lowest BCUT2D eigenvalue weighted by Crippen LogP contribution is -2.33. The van der Waals surface area contributed by atoms with Gasteiger partial charge in [-0.1, -0.05) is 0 Å². The Kier molecular flexibility index (Phi) is 4.12. The Bertz CT molecular complexity index is 313. The molecular weight excluding hydrogens is 222 g/mol. The lowest BCUT2D eigenvalue weighted by Gasteiger charge is -2.22. The van der Waals surface area contributed by atoms with Crippen LogP contribution >= 0.6 is 23.1 Å². The molecule has 0 aliphatic carbocycles. The number of hydrogen-bond acceptors (Lipinski definition) is 3. The van der Waals surface area contributed by atoms with Crippen LogP contribution < -0.4 is 5.32 Å². The zero-order chi connectivity index (χ0) is 10.7. The van der Waals surface area contributed by atoms with E-state index < -0.39 is 0 Å². The van der Waals surface area contributed by atoms with E-state index in [9.17, 15) is 0 Å². The number of thioether (sulfide) groups is 1. The van der Waals surface area contributed by atoms with Crippen molar-refractivity contribution in [2.45, 2.75) is 39.3 Å². The Balaban J connectivity index is 1.84. The van der Waals surface area contributed by atoms with Crippen molar-refractivity contribution in [2.24, 2.45) is 0 Å². The Morgan fingerprint density at radius 2 is 2.33 bits per heavy atom. The molecule has 84 valence electrons. The maximum Gasteiger partial charge on any atom is 0.0219 e. The van der Waals surface area contributed by atoms with Gasteiger partial charge in [-0.15, -0.1) is 11.3 Å². The summed E-state index contributed by atoms with van der Waals surface area (Å²) in [5.41, 5.74) is 1.49. The van der Waals surface area contributed by atoms with Crippen LogP contribution in [0.25, 0.3) is 0 Å². The molecular formula is C12H19NS2. The first-order chi connectivity index (χ1) is 7.25. The second-order valence-electron chi connectivity index (χ2n) is 4.23. The van der Waals surface area contributed by atoms with Crippen LogP contribution in [-0.2, 0) is 6.54 Å². The fraction of sp³-hybridized carbons (Fsp3) is 0.667. The first-order valence-electron chi connectivity index (χ1n) is 5.63. The summed E-state index contributed by atoms with van der Waals surface area (Å²) in [5.74, 6) is 2.65. The maximum absolute atomic E-state index is 3.68. The average molecular weight is 241 g/mol. The van der Waals surface area contributed by atoms with E-state index in [-0.39, 0.29) is 0 Å². The first-order valence-corrected chi connectivity index (χ1v) is 7.60. The summed E-state index contributed by atoms with van der Waals surface area (Å²) in [4.78, 5) is 2.91. The van der Waals surface area contributed by atoms with Crippen LogP contribution in [0.4, 0.5) is 0 Å². The molecule has 1 aromatic rings. The van der Waals surface area contributed by atoms with E-state index in [0.717, 1.165) is 12.6 Å². The van der Waals surface area contributed by atoms with Crippen molar-refractivity contribution in [3.8, 4) is 0 Å². The largest absolute Gasteiger partial charge is 0.309 e. The van der Waals surface area contributed by atoms with Gasteiger partial charge in [0, 0.05) is 28.1 Å². The van der Waals surface area contributed by atoms with Crippen LogP contribution in [0.15, 0.2) is 6.07 Å². The molecule has 0 aromatic carbocycles. The minimum absolute atomic E-state index is 0.739. The summed E-state index contributed by atoms with van der Waals surface area (Å²) >= 11 is 4.00. The molecule has 0 spiro atoms. The molecule has 1 unspecified atom stereocenters. The fourth-order valence-corrected chi connectivity index (χ4v) is 4.07. The SMILES string of the molecule is Cc1cc(CNC2CCCSC2)c(C)s1. The highest BCUT2D eigenvalue weighted by molar-refractivity contribution is 7.99. The smallest absolute Gasteiger partial charge is 0.0219 e. The van der Waals surface area contributed by atoms with Crippen molar-refractivity contribution in [2.75, 3.05) is 11.5 Å². The zero-order valence-corrected chi connectivity index (χ0v) is 11.1. The lowest BCUT2D eigenvalue weighted by atomic mass is 10.1. The van der Waals surface area contributed by atoms with Gasteiger partial charge >= 0.3 is 0 Å². The quantitative estimate of drug-likeness (QED) is 0.871. The van der Waals surface area contributed by atoms with Crippen molar-refractivity contribution < 1.29 is 0 Å². The van der Waals surface area contributed by atoms with E-state index in [1.165, 1.54) is 39.7 Å². The standard InChI is InChI=1S/C12H19NS2/c1-9-6-11(10(2)15-9)7-13-12-4-3-5-14-8-12/h6,12-13H,3-5,7-8H2,1-2H3. The number of aryl methyl sites for hydroxylation is 2. The van der Waals surface area contributed by atoms with Crippen LogP contribution in [0.2, 0.25) is 0 Å². The Morgan fingerprint density at radius 1 is 1.47 bits per heavy atom. The predicted molar refractivity (Wildman–Crippen MR) is 71.0 cm³/mol. The second-order valence-corrected chi connectivity index (χ2v) is 6.84. The van der Waals surface area contributed by atoms with E-state index in [0.29, 0.717) is 0 Å². The Hall–Kier alpha value is 0.01000. The van der Waals surface area contributed by atoms with Gasteiger partial charge in [0.2, 0.25) is 0 Å². The molecule has 1 saturated heterocycles. The number of rotatable bonds is 3. The van der Waals surface area contributed by atoms with Crippen molar-refractivity contribution in [1.82, 2.24) is 5.32 Å². The van der Waals surface area contributed by atoms with Gasteiger partial charge in [0.05, 0.1) is 0 Å². The van der Waals surface area contributed by atoms with Crippen molar-refractivity contribution in [3.63, 3.8) is 0 Å². The molecule has 1 aliphatic heterocycles. The molecule has 1 nitrogen and oxygen atoms in total. The molecule has 2 heterocycles. The summed E-state index contributed by atoms with van der Waals surface area (Å²) in [6, 6.07) is 3.06. The van der Waals surface area contributed by atoms with E-state index in [1.54, 1.807) is 0 Å². The van der Waals surface area contributed by atoms with Crippen LogP contribution in [0, 0.1) is 13.8 Å². The topological polar surface area (TPSA) is 12.0 Å². The van der Waals surface area contributed by atoms with Crippen LogP contribution in [0.5, 0.6) is 0 Å². The Morgan fingerprint density at radius 3 is 2.93 bits per heavy atom. The molecule has 0 radical (unpaired) electrons. The molecule has 0 amide bonds. The molecule has 2 rings (SSSR count). The van der Waals surface area contributed by atoms with Crippen LogP contribution in [0.1, 0.15) is 28.2 Å². The van der Waals surface area contributed by atoms with E-state index in [1.807, 2.05) is 11.3 Å². The molecule has 0 saturated carbocycles. The third kappa shape index (κ3) is 3.23. The van der Waals surface area contributed by atoms with Gasteiger partial charge in [0.15, 0.2) is 0 Å². The molecule has 15 heavy (non-hydrogen) atoms. The molecule has 0 bridgehead atoms. The van der Waals surface area contributed by atoms with Gasteiger partial charge in [-0.2, -0.15) is 11.8 Å². The van der Waals surface area contributed by atoms with Crippen LogP contribution in [0.3, 0.4) is 0 Å². The minimum Gasteiger partial charge on any atom is -0.309 e. The number of hydrogen-bond donors (Lipinski definition) is 1. The Labute approximate surface area is 101 Å². The highest BCUT2D eigenvalue weighted by Crippen LogP contribution is 2.22. The predicted octanol–water partition coefficient (Wildman–Crippen LogP) is 3.35. The average Bonchev–Trinajstić information content (AvgIpc) is 2.56. The normalized spacial score (nSPS) is 21.9. The highest BCUT2D eigenvalue weighted by atomic mass is 32.2. The zero-order valence-electron chi connectivity index (χ0n) is 9.51. The van der Waals surface area contributed by atoms with Crippen LogP contribution in [-0.4, -0.2) is 17.5 Å². The van der Waals surface area contributed by atoms with Crippen molar-refractivity contribution in [1.29, 1.82) is 0 Å². The van der Waals surface area contributed by atoms with Gasteiger partial charge in [-0.05, 0) is 44.1 Å². The van der Waals surface area contributed by atoms with Gasteiger partial charge in [-0.3, -0.25) is 0 Å². The fourth-order valence-electron chi connectivity index (χ4n) is 2.01. The third-order valence-electron chi connectivity index (χ3n) is 2.89. The first kappa shape index (κ1) is 11.5. The summed E-state index contributed by atoms with van der Waals surface area (Å²) in [5, 5.41) is 3.68. The molecule has 3 heteroatoms. The molecule has 1 atom stereocenters.